The molecule has 0 amide bonds. The Morgan fingerprint density at radius 1 is 0.750 bits per heavy atom. The molecule has 6 heteroatoms. The van der Waals surface area contributed by atoms with E-state index in [0.717, 1.165) is 0 Å². The van der Waals surface area contributed by atoms with Crippen molar-refractivity contribution in [2.24, 2.45) is 0 Å². The van der Waals surface area contributed by atoms with Gasteiger partial charge in [-0.25, -0.2) is 0 Å². The molecule has 3 aromatic rings. The van der Waals surface area contributed by atoms with Gasteiger partial charge in [-0.3, -0.25) is 19.7 Å². The Hall–Kier alpha value is -3.31. The van der Waals surface area contributed by atoms with Crippen LogP contribution < -0.4 is 0 Å². The number of fused-ring (bicyclic) bond motifs is 1. The second-order valence-corrected chi connectivity index (χ2v) is 7.06. The van der Waals surface area contributed by atoms with E-state index in [-0.39, 0.29) is 11.1 Å². The molecule has 0 saturated carbocycles. The van der Waals surface area contributed by atoms with Gasteiger partial charge in [0, 0.05) is 21.1 Å². The van der Waals surface area contributed by atoms with Gasteiger partial charge in [0.2, 0.25) is 11.6 Å². The third-order valence-corrected chi connectivity index (χ3v) is 5.40. The average Bonchev–Trinajstić information content (AvgIpc) is 2.94. The minimum Gasteiger partial charge on any atom is -0.285 e. The Balaban J connectivity index is 2.03. The first-order valence-electron chi connectivity index (χ1n) is 8.61. The fourth-order valence-corrected chi connectivity index (χ4v) is 4.03. The van der Waals surface area contributed by atoms with Gasteiger partial charge in [-0.15, -0.1) is 0 Å². The molecule has 0 N–H and O–H groups in total. The number of benzene rings is 3. The summed E-state index contributed by atoms with van der Waals surface area (Å²) in [6.07, 6.45) is 0. The van der Waals surface area contributed by atoms with Crippen molar-refractivity contribution in [3.63, 3.8) is 0 Å². The number of nitro groups is 1. The quantitative estimate of drug-likeness (QED) is 0.371. The summed E-state index contributed by atoms with van der Waals surface area (Å²) in [4.78, 5) is 38.3. The van der Waals surface area contributed by atoms with Crippen LogP contribution >= 0.6 is 11.6 Å². The molecule has 0 aliphatic heterocycles. The summed E-state index contributed by atoms with van der Waals surface area (Å²) in [5, 5.41) is 12.9. The van der Waals surface area contributed by atoms with E-state index in [9.17, 15) is 19.7 Å². The van der Waals surface area contributed by atoms with Crippen molar-refractivity contribution >= 4 is 23.2 Å². The monoisotopic (exact) mass is 391 g/mol. The minimum absolute atomic E-state index is 0.0825. The standard InChI is InChI=1S/C22H14ClNO4/c23-16-12-10-15(11-13-16)19(14-6-2-1-3-7-14)22(24(27)28)20(25)17-8-4-5-9-18(17)21(22)26/h1-13,19H/t19-/m0/s1. The van der Waals surface area contributed by atoms with E-state index in [1.165, 1.54) is 12.1 Å². The zero-order valence-electron chi connectivity index (χ0n) is 14.5. The highest BCUT2D eigenvalue weighted by molar-refractivity contribution is 6.33. The lowest BCUT2D eigenvalue weighted by Gasteiger charge is -2.28. The van der Waals surface area contributed by atoms with Gasteiger partial charge in [0.25, 0.3) is 0 Å². The zero-order valence-corrected chi connectivity index (χ0v) is 15.3. The maximum Gasteiger partial charge on any atom is 0.355 e. The van der Waals surface area contributed by atoms with Crippen LogP contribution in [0.2, 0.25) is 5.02 Å². The molecule has 0 radical (unpaired) electrons. The SMILES string of the molecule is O=C1c2ccccc2C(=O)C1([C@@H](c1ccccc1)c1ccc(Cl)cc1)[N+](=O)[O-]. The minimum atomic E-state index is -2.46. The van der Waals surface area contributed by atoms with E-state index in [1.54, 1.807) is 66.7 Å². The van der Waals surface area contributed by atoms with Crippen LogP contribution in [0, 0.1) is 10.1 Å². The van der Waals surface area contributed by atoms with Gasteiger partial charge in [-0.05, 0) is 23.3 Å². The van der Waals surface area contributed by atoms with Gasteiger partial charge in [0.15, 0.2) is 0 Å². The molecule has 0 fully saturated rings. The average molecular weight is 392 g/mol. The van der Waals surface area contributed by atoms with Crippen LogP contribution in [0.15, 0.2) is 78.9 Å². The van der Waals surface area contributed by atoms with Gasteiger partial charge < -0.3 is 0 Å². The Morgan fingerprint density at radius 2 is 1.21 bits per heavy atom. The molecule has 1 aliphatic carbocycles. The second-order valence-electron chi connectivity index (χ2n) is 6.62. The van der Waals surface area contributed by atoms with Crippen LogP contribution in [0.1, 0.15) is 37.8 Å². The molecule has 5 nitrogen and oxygen atoms in total. The van der Waals surface area contributed by atoms with E-state index < -0.39 is 27.9 Å². The summed E-state index contributed by atoms with van der Waals surface area (Å²) in [6, 6.07) is 21.1. The molecule has 138 valence electrons. The van der Waals surface area contributed by atoms with Gasteiger partial charge in [-0.1, -0.05) is 78.3 Å². The number of rotatable bonds is 4. The zero-order chi connectivity index (χ0) is 19.9. The number of hydrogen-bond donors (Lipinski definition) is 0. The van der Waals surface area contributed by atoms with Gasteiger partial charge in [-0.2, -0.15) is 0 Å². The molecule has 3 aromatic carbocycles. The van der Waals surface area contributed by atoms with Crippen LogP contribution in [-0.4, -0.2) is 22.0 Å². The molecule has 0 bridgehead atoms. The number of ketones is 2. The largest absolute Gasteiger partial charge is 0.355 e. The van der Waals surface area contributed by atoms with Crippen LogP contribution in [0.3, 0.4) is 0 Å². The lowest BCUT2D eigenvalue weighted by Crippen LogP contribution is -2.54. The highest BCUT2D eigenvalue weighted by Gasteiger charge is 2.68. The van der Waals surface area contributed by atoms with Crippen molar-refractivity contribution in [2.45, 2.75) is 11.5 Å². The van der Waals surface area contributed by atoms with E-state index >= 15 is 0 Å². The topological polar surface area (TPSA) is 77.3 Å². The molecule has 0 heterocycles. The summed E-state index contributed by atoms with van der Waals surface area (Å²) >= 11 is 5.98. The molecule has 0 saturated heterocycles. The Morgan fingerprint density at radius 3 is 1.71 bits per heavy atom. The number of carbonyl (C=O) groups excluding carboxylic acids is 2. The normalized spacial score (nSPS) is 15.9. The number of Topliss-reactive ketones (excluding diaryl/α,β-unsaturated/α-hetero) is 2. The first kappa shape index (κ1) is 18.1. The third kappa shape index (κ3) is 2.47. The first-order valence-corrected chi connectivity index (χ1v) is 8.99. The summed E-state index contributed by atoms with van der Waals surface area (Å²) in [7, 11) is 0. The predicted molar refractivity (Wildman–Crippen MR) is 105 cm³/mol. The van der Waals surface area contributed by atoms with Crippen LogP contribution in [0.25, 0.3) is 0 Å². The molecule has 28 heavy (non-hydrogen) atoms. The Labute approximate surface area is 165 Å². The van der Waals surface area contributed by atoms with E-state index in [0.29, 0.717) is 16.1 Å². The Kier molecular flexibility index (Phi) is 4.32. The lowest BCUT2D eigenvalue weighted by atomic mass is 9.72. The number of hydrogen-bond acceptors (Lipinski definition) is 4. The van der Waals surface area contributed by atoms with Gasteiger partial charge in [0.1, 0.15) is 0 Å². The third-order valence-electron chi connectivity index (χ3n) is 5.15. The van der Waals surface area contributed by atoms with E-state index in [1.807, 2.05) is 0 Å². The number of carbonyl (C=O) groups is 2. The van der Waals surface area contributed by atoms with Crippen molar-refractivity contribution in [1.82, 2.24) is 0 Å². The lowest BCUT2D eigenvalue weighted by molar-refractivity contribution is -0.532. The van der Waals surface area contributed by atoms with Gasteiger partial charge >= 0.3 is 5.54 Å². The maximum atomic E-state index is 13.3. The van der Waals surface area contributed by atoms with Gasteiger partial charge in [0.05, 0.1) is 5.92 Å². The fraction of sp³-hybridized carbons (Fsp3) is 0.0909. The molecular formula is C22H14ClNO4. The summed E-state index contributed by atoms with van der Waals surface area (Å²) < 4.78 is 0. The molecule has 0 aromatic heterocycles. The first-order chi connectivity index (χ1) is 13.5. The number of halogens is 1. The molecule has 0 unspecified atom stereocenters. The van der Waals surface area contributed by atoms with Crippen LogP contribution in [0.5, 0.6) is 0 Å². The van der Waals surface area contributed by atoms with Crippen molar-refractivity contribution in [3.05, 3.63) is 116 Å². The van der Waals surface area contributed by atoms with E-state index in [2.05, 4.69) is 0 Å². The number of nitrogens with zero attached hydrogens (tertiary/aromatic N) is 1. The molecular weight excluding hydrogens is 378 g/mol. The molecule has 0 spiro atoms. The molecule has 1 atom stereocenters. The van der Waals surface area contributed by atoms with Crippen molar-refractivity contribution < 1.29 is 14.5 Å². The van der Waals surface area contributed by atoms with E-state index in [4.69, 9.17) is 11.6 Å². The second kappa shape index (κ2) is 6.69. The smallest absolute Gasteiger partial charge is 0.285 e. The summed E-state index contributed by atoms with van der Waals surface area (Å²) in [6.45, 7) is 0. The van der Waals surface area contributed by atoms with Crippen molar-refractivity contribution in [2.75, 3.05) is 0 Å². The highest BCUT2D eigenvalue weighted by atomic mass is 35.5. The van der Waals surface area contributed by atoms with Crippen molar-refractivity contribution in [1.29, 1.82) is 0 Å². The van der Waals surface area contributed by atoms with Crippen molar-refractivity contribution in [3.8, 4) is 0 Å². The van der Waals surface area contributed by atoms with Crippen LogP contribution in [-0.2, 0) is 0 Å². The van der Waals surface area contributed by atoms with Crippen LogP contribution in [0.4, 0.5) is 0 Å². The summed E-state index contributed by atoms with van der Waals surface area (Å²) in [5.74, 6) is -2.67. The summed E-state index contributed by atoms with van der Waals surface area (Å²) in [5.41, 5.74) is -1.31. The highest BCUT2D eigenvalue weighted by Crippen LogP contribution is 2.46. The Bertz CT molecular complexity index is 1060. The fourth-order valence-electron chi connectivity index (χ4n) is 3.90. The maximum absolute atomic E-state index is 13.3. The molecule has 1 aliphatic rings. The molecule has 4 rings (SSSR count). The predicted octanol–water partition coefficient (Wildman–Crippen LogP) is 4.57.